The van der Waals surface area contributed by atoms with Crippen LogP contribution in [0.1, 0.15) is 36.4 Å². The number of aryl methyl sites for hydroxylation is 1. The van der Waals surface area contributed by atoms with Crippen LogP contribution in [0.15, 0.2) is 30.6 Å². The lowest BCUT2D eigenvalue weighted by Crippen LogP contribution is -2.22. The van der Waals surface area contributed by atoms with Gasteiger partial charge in [-0.25, -0.2) is 8.78 Å². The van der Waals surface area contributed by atoms with E-state index in [1.807, 2.05) is 20.8 Å². The standard InChI is InChI=1S/C15H16F2N2/c1-10-6-11(17)4-5-13(10)15(2,3)14-9-18-8-12(7-16)19-14/h4-6,8-9H,7H2,1-3H3. The second-order valence-electron chi connectivity index (χ2n) is 5.11. The maximum absolute atomic E-state index is 13.2. The zero-order valence-electron chi connectivity index (χ0n) is 11.2. The molecule has 0 bridgehead atoms. The summed E-state index contributed by atoms with van der Waals surface area (Å²) in [4.78, 5) is 8.29. The van der Waals surface area contributed by atoms with Crippen LogP contribution in [-0.2, 0) is 12.1 Å². The summed E-state index contributed by atoms with van der Waals surface area (Å²) in [5, 5.41) is 0. The van der Waals surface area contributed by atoms with Crippen molar-refractivity contribution in [1.29, 1.82) is 0 Å². The summed E-state index contributed by atoms with van der Waals surface area (Å²) in [6.45, 7) is 5.16. The van der Waals surface area contributed by atoms with E-state index in [0.29, 0.717) is 11.4 Å². The summed E-state index contributed by atoms with van der Waals surface area (Å²) in [5.74, 6) is -0.263. The van der Waals surface area contributed by atoms with Crippen molar-refractivity contribution >= 4 is 0 Å². The molecule has 2 aromatic rings. The van der Waals surface area contributed by atoms with Gasteiger partial charge in [-0.3, -0.25) is 9.97 Å². The van der Waals surface area contributed by atoms with Crippen LogP contribution in [0, 0.1) is 12.7 Å². The number of halogens is 2. The lowest BCUT2D eigenvalue weighted by molar-refractivity contribution is 0.469. The molecule has 0 spiro atoms. The molecule has 0 saturated heterocycles. The van der Waals surface area contributed by atoms with Crippen LogP contribution >= 0.6 is 0 Å². The van der Waals surface area contributed by atoms with Gasteiger partial charge in [-0.05, 0) is 30.2 Å². The van der Waals surface area contributed by atoms with Crippen LogP contribution in [0.2, 0.25) is 0 Å². The van der Waals surface area contributed by atoms with Crippen LogP contribution in [0.3, 0.4) is 0 Å². The molecule has 2 nitrogen and oxygen atoms in total. The third-order valence-electron chi connectivity index (χ3n) is 3.32. The molecule has 0 unspecified atom stereocenters. The molecule has 0 radical (unpaired) electrons. The van der Waals surface area contributed by atoms with Crippen LogP contribution in [0.5, 0.6) is 0 Å². The van der Waals surface area contributed by atoms with Gasteiger partial charge in [0.1, 0.15) is 12.5 Å². The molecule has 0 aliphatic heterocycles. The summed E-state index contributed by atoms with van der Waals surface area (Å²) >= 11 is 0. The fraction of sp³-hybridized carbons (Fsp3) is 0.333. The highest BCUT2D eigenvalue weighted by molar-refractivity contribution is 5.39. The van der Waals surface area contributed by atoms with Gasteiger partial charge in [0.25, 0.3) is 0 Å². The van der Waals surface area contributed by atoms with E-state index in [9.17, 15) is 8.78 Å². The number of alkyl halides is 1. The predicted octanol–water partition coefficient (Wildman–Crippen LogP) is 3.72. The first-order chi connectivity index (χ1) is 8.95. The Hall–Kier alpha value is -1.84. The molecule has 0 saturated carbocycles. The van der Waals surface area contributed by atoms with Crippen LogP contribution in [0.4, 0.5) is 8.78 Å². The van der Waals surface area contributed by atoms with Crippen molar-refractivity contribution in [3.05, 3.63) is 58.9 Å². The highest BCUT2D eigenvalue weighted by Gasteiger charge is 2.27. The number of hydrogen-bond donors (Lipinski definition) is 0. The average molecular weight is 262 g/mol. The van der Waals surface area contributed by atoms with Crippen molar-refractivity contribution in [2.24, 2.45) is 0 Å². The minimum Gasteiger partial charge on any atom is -0.261 e. The molecule has 2 rings (SSSR count). The van der Waals surface area contributed by atoms with E-state index in [-0.39, 0.29) is 5.82 Å². The Labute approximate surface area is 111 Å². The highest BCUT2D eigenvalue weighted by atomic mass is 19.1. The van der Waals surface area contributed by atoms with Crippen LogP contribution in [0.25, 0.3) is 0 Å². The number of benzene rings is 1. The van der Waals surface area contributed by atoms with Crippen molar-refractivity contribution in [3.63, 3.8) is 0 Å². The molecule has 0 aliphatic carbocycles. The maximum Gasteiger partial charge on any atom is 0.133 e. The van der Waals surface area contributed by atoms with Gasteiger partial charge in [0, 0.05) is 11.6 Å². The molecule has 1 aromatic heterocycles. The number of hydrogen-bond acceptors (Lipinski definition) is 2. The first kappa shape index (κ1) is 13.6. The van der Waals surface area contributed by atoms with Crippen molar-refractivity contribution in [2.45, 2.75) is 32.9 Å². The van der Waals surface area contributed by atoms with E-state index in [1.165, 1.54) is 18.3 Å². The van der Waals surface area contributed by atoms with Crippen molar-refractivity contribution in [1.82, 2.24) is 9.97 Å². The van der Waals surface area contributed by atoms with Gasteiger partial charge in [0.2, 0.25) is 0 Å². The Morgan fingerprint density at radius 1 is 1.21 bits per heavy atom. The summed E-state index contributed by atoms with van der Waals surface area (Å²) in [5.41, 5.74) is 2.34. The molecular weight excluding hydrogens is 246 g/mol. The van der Waals surface area contributed by atoms with E-state index in [4.69, 9.17) is 0 Å². The monoisotopic (exact) mass is 262 g/mol. The van der Waals surface area contributed by atoms with Crippen LogP contribution < -0.4 is 0 Å². The van der Waals surface area contributed by atoms with Gasteiger partial charge in [-0.1, -0.05) is 19.9 Å². The molecular formula is C15H16F2N2. The molecule has 1 heterocycles. The zero-order valence-corrected chi connectivity index (χ0v) is 11.2. The molecule has 19 heavy (non-hydrogen) atoms. The second kappa shape index (κ2) is 5.03. The zero-order chi connectivity index (χ0) is 14.0. The Kier molecular flexibility index (Phi) is 3.60. The van der Waals surface area contributed by atoms with E-state index in [1.54, 1.807) is 12.3 Å². The van der Waals surface area contributed by atoms with E-state index < -0.39 is 12.1 Å². The van der Waals surface area contributed by atoms with Crippen molar-refractivity contribution < 1.29 is 8.78 Å². The Balaban J connectivity index is 2.51. The fourth-order valence-corrected chi connectivity index (χ4v) is 2.24. The molecule has 1 aromatic carbocycles. The molecule has 0 fully saturated rings. The molecule has 0 N–H and O–H groups in total. The number of rotatable bonds is 3. The van der Waals surface area contributed by atoms with E-state index in [2.05, 4.69) is 9.97 Å². The fourth-order valence-electron chi connectivity index (χ4n) is 2.24. The highest BCUT2D eigenvalue weighted by Crippen LogP contribution is 2.32. The van der Waals surface area contributed by atoms with Crippen molar-refractivity contribution in [3.8, 4) is 0 Å². The third kappa shape index (κ3) is 2.62. The smallest absolute Gasteiger partial charge is 0.133 e. The minimum atomic E-state index is -0.640. The Morgan fingerprint density at radius 2 is 1.95 bits per heavy atom. The largest absolute Gasteiger partial charge is 0.261 e. The Morgan fingerprint density at radius 3 is 2.58 bits per heavy atom. The maximum atomic E-state index is 13.2. The van der Waals surface area contributed by atoms with Gasteiger partial charge in [0.05, 0.1) is 17.6 Å². The molecule has 100 valence electrons. The lowest BCUT2D eigenvalue weighted by atomic mass is 9.79. The molecule has 4 heteroatoms. The van der Waals surface area contributed by atoms with Gasteiger partial charge >= 0.3 is 0 Å². The molecule has 0 amide bonds. The molecule has 0 atom stereocenters. The minimum absolute atomic E-state index is 0.263. The first-order valence-corrected chi connectivity index (χ1v) is 6.09. The SMILES string of the molecule is Cc1cc(F)ccc1C(C)(C)c1cncc(CF)n1. The van der Waals surface area contributed by atoms with Gasteiger partial charge < -0.3 is 0 Å². The van der Waals surface area contributed by atoms with E-state index >= 15 is 0 Å². The topological polar surface area (TPSA) is 25.8 Å². The Bertz CT molecular complexity index is 594. The van der Waals surface area contributed by atoms with Gasteiger partial charge in [-0.2, -0.15) is 0 Å². The van der Waals surface area contributed by atoms with Gasteiger partial charge in [-0.15, -0.1) is 0 Å². The summed E-state index contributed by atoms with van der Waals surface area (Å²) in [6.07, 6.45) is 3.04. The van der Waals surface area contributed by atoms with Gasteiger partial charge in [0.15, 0.2) is 0 Å². The third-order valence-corrected chi connectivity index (χ3v) is 3.32. The number of aromatic nitrogens is 2. The summed E-state index contributed by atoms with van der Waals surface area (Å²) in [7, 11) is 0. The molecule has 0 aliphatic rings. The summed E-state index contributed by atoms with van der Waals surface area (Å²) in [6, 6.07) is 4.66. The predicted molar refractivity (Wildman–Crippen MR) is 70.1 cm³/mol. The normalized spacial score (nSPS) is 11.6. The van der Waals surface area contributed by atoms with Crippen LogP contribution in [-0.4, -0.2) is 9.97 Å². The van der Waals surface area contributed by atoms with E-state index in [0.717, 1.165) is 11.1 Å². The average Bonchev–Trinajstić information content (AvgIpc) is 2.38. The summed E-state index contributed by atoms with van der Waals surface area (Å²) < 4.78 is 25.9. The van der Waals surface area contributed by atoms with Crippen molar-refractivity contribution in [2.75, 3.05) is 0 Å². The first-order valence-electron chi connectivity index (χ1n) is 6.09. The lowest BCUT2D eigenvalue weighted by Gasteiger charge is -2.26. The second-order valence-corrected chi connectivity index (χ2v) is 5.11. The quantitative estimate of drug-likeness (QED) is 0.842. The number of nitrogens with zero attached hydrogens (tertiary/aromatic N) is 2.